The average molecular weight is 462 g/mol. The molecular formula is C29H39N3O2. The van der Waals surface area contributed by atoms with E-state index in [4.69, 9.17) is 9.47 Å². The van der Waals surface area contributed by atoms with Crippen LogP contribution in [0.5, 0.6) is 11.5 Å². The van der Waals surface area contributed by atoms with Crippen molar-refractivity contribution in [1.29, 1.82) is 0 Å². The van der Waals surface area contributed by atoms with Gasteiger partial charge in [0.1, 0.15) is 0 Å². The highest BCUT2D eigenvalue weighted by molar-refractivity contribution is 5.44. The highest BCUT2D eigenvalue weighted by Gasteiger charge is 2.51. The van der Waals surface area contributed by atoms with Crippen molar-refractivity contribution in [3.63, 3.8) is 0 Å². The molecule has 2 aromatic rings. The molecule has 1 spiro atoms. The number of nitrogens with zero attached hydrogens (tertiary/aromatic N) is 2. The van der Waals surface area contributed by atoms with Gasteiger partial charge < -0.3 is 14.8 Å². The van der Waals surface area contributed by atoms with Crippen LogP contribution in [0.4, 0.5) is 0 Å². The van der Waals surface area contributed by atoms with E-state index in [1.54, 1.807) is 5.56 Å². The third-order valence-electron chi connectivity index (χ3n) is 8.95. The Morgan fingerprint density at radius 1 is 1.00 bits per heavy atom. The first-order chi connectivity index (χ1) is 16.6. The van der Waals surface area contributed by atoms with Crippen LogP contribution in [0.2, 0.25) is 0 Å². The van der Waals surface area contributed by atoms with Crippen molar-refractivity contribution in [1.82, 2.24) is 15.1 Å². The maximum atomic E-state index is 5.64. The standard InChI is InChI=1S/C29H39N3O2/c1-21(2)23-5-3-4-6-24(23)25-19-31(18-22-7-8-26-27(17-22)34-20-33-26)15-16-32(25)28-9-10-29(28)11-13-30-14-12-29/h3-8,17,21,25,28,30H,9-16,18-20H2,1-2H3. The monoisotopic (exact) mass is 461 g/mol. The summed E-state index contributed by atoms with van der Waals surface area (Å²) in [5.41, 5.74) is 4.91. The van der Waals surface area contributed by atoms with Crippen LogP contribution in [0, 0.1) is 5.41 Å². The second kappa shape index (κ2) is 9.18. The number of rotatable bonds is 5. The molecule has 3 heterocycles. The van der Waals surface area contributed by atoms with Crippen LogP contribution in [0.25, 0.3) is 0 Å². The SMILES string of the molecule is CC(C)c1ccccc1C1CN(Cc2ccc3c(c2)OCO3)CCN1C1CCC12CCNCC2. The summed E-state index contributed by atoms with van der Waals surface area (Å²) in [6, 6.07) is 16.8. The lowest BCUT2D eigenvalue weighted by atomic mass is 9.58. The largest absolute Gasteiger partial charge is 0.454 e. The molecule has 0 aromatic heterocycles. The van der Waals surface area contributed by atoms with Crippen LogP contribution in [0.3, 0.4) is 0 Å². The Bertz CT molecular complexity index is 1020. The minimum atomic E-state index is 0.337. The lowest BCUT2D eigenvalue weighted by molar-refractivity contribution is -0.0905. The molecule has 6 rings (SSSR count). The zero-order valence-electron chi connectivity index (χ0n) is 20.8. The van der Waals surface area contributed by atoms with Crippen molar-refractivity contribution >= 4 is 0 Å². The van der Waals surface area contributed by atoms with Crippen molar-refractivity contribution in [2.24, 2.45) is 5.41 Å². The minimum Gasteiger partial charge on any atom is -0.454 e. The molecule has 0 radical (unpaired) electrons. The number of fused-ring (bicyclic) bond motifs is 1. The number of hydrogen-bond donors (Lipinski definition) is 1. The lowest BCUT2D eigenvalue weighted by Crippen LogP contribution is -2.63. The van der Waals surface area contributed by atoms with Gasteiger partial charge >= 0.3 is 0 Å². The Morgan fingerprint density at radius 3 is 2.62 bits per heavy atom. The molecule has 0 bridgehead atoms. The summed E-state index contributed by atoms with van der Waals surface area (Å²) >= 11 is 0. The van der Waals surface area contributed by atoms with Gasteiger partial charge in [-0.2, -0.15) is 0 Å². The molecule has 1 aliphatic carbocycles. The second-order valence-electron chi connectivity index (χ2n) is 11.1. The Kier molecular flexibility index (Phi) is 6.04. The molecule has 1 N–H and O–H groups in total. The van der Waals surface area contributed by atoms with E-state index in [1.165, 1.54) is 49.9 Å². The van der Waals surface area contributed by atoms with Gasteiger partial charge in [0.2, 0.25) is 6.79 Å². The molecule has 2 unspecified atom stereocenters. The molecule has 4 aliphatic rings. The number of piperidine rings is 1. The van der Waals surface area contributed by atoms with Gasteiger partial charge in [-0.3, -0.25) is 9.80 Å². The fourth-order valence-corrected chi connectivity index (χ4v) is 6.99. The van der Waals surface area contributed by atoms with Crippen LogP contribution < -0.4 is 14.8 Å². The summed E-state index contributed by atoms with van der Waals surface area (Å²) in [6.07, 6.45) is 5.46. The molecule has 2 aromatic carbocycles. The fraction of sp³-hybridized carbons (Fsp3) is 0.586. The smallest absolute Gasteiger partial charge is 0.231 e. The third kappa shape index (κ3) is 4.02. The van der Waals surface area contributed by atoms with Gasteiger partial charge in [0, 0.05) is 38.3 Å². The molecule has 2 atom stereocenters. The summed E-state index contributed by atoms with van der Waals surface area (Å²) in [4.78, 5) is 5.58. The predicted octanol–water partition coefficient (Wildman–Crippen LogP) is 4.93. The van der Waals surface area contributed by atoms with E-state index in [9.17, 15) is 0 Å². The molecule has 5 heteroatoms. The molecule has 3 aliphatic heterocycles. The number of hydrogen-bond acceptors (Lipinski definition) is 5. The Morgan fingerprint density at radius 2 is 1.82 bits per heavy atom. The lowest BCUT2D eigenvalue weighted by Gasteiger charge is -2.60. The van der Waals surface area contributed by atoms with Crippen LogP contribution in [0.1, 0.15) is 68.2 Å². The molecular weight excluding hydrogens is 422 g/mol. The number of benzene rings is 2. The van der Waals surface area contributed by atoms with Crippen LogP contribution in [-0.4, -0.2) is 55.4 Å². The van der Waals surface area contributed by atoms with Gasteiger partial charge in [0.05, 0.1) is 0 Å². The average Bonchev–Trinajstić information content (AvgIpc) is 3.33. The number of nitrogens with one attached hydrogen (secondary N) is 1. The summed E-state index contributed by atoms with van der Waals surface area (Å²) < 4.78 is 11.2. The van der Waals surface area contributed by atoms with Gasteiger partial charge in [0.25, 0.3) is 0 Å². The van der Waals surface area contributed by atoms with Crippen LogP contribution >= 0.6 is 0 Å². The maximum absolute atomic E-state index is 5.64. The van der Waals surface area contributed by atoms with Crippen molar-refractivity contribution in [3.05, 3.63) is 59.2 Å². The van der Waals surface area contributed by atoms with Gasteiger partial charge in [0.15, 0.2) is 11.5 Å². The normalized spacial score (nSPS) is 26.7. The zero-order valence-corrected chi connectivity index (χ0v) is 20.8. The minimum absolute atomic E-state index is 0.337. The Balaban J connectivity index is 1.27. The van der Waals surface area contributed by atoms with Gasteiger partial charge in [-0.1, -0.05) is 44.2 Å². The first-order valence-electron chi connectivity index (χ1n) is 13.3. The quantitative estimate of drug-likeness (QED) is 0.683. The van der Waals surface area contributed by atoms with Crippen LogP contribution in [0.15, 0.2) is 42.5 Å². The topological polar surface area (TPSA) is 37.0 Å². The van der Waals surface area contributed by atoms with Crippen molar-refractivity contribution in [2.75, 3.05) is 39.5 Å². The van der Waals surface area contributed by atoms with E-state index in [2.05, 4.69) is 71.4 Å². The summed E-state index contributed by atoms with van der Waals surface area (Å²) in [5.74, 6) is 2.30. The summed E-state index contributed by atoms with van der Waals surface area (Å²) in [6.45, 7) is 11.7. The van der Waals surface area contributed by atoms with Gasteiger partial charge in [-0.25, -0.2) is 0 Å². The van der Waals surface area contributed by atoms with Gasteiger partial charge in [-0.05, 0) is 78.9 Å². The van der Waals surface area contributed by atoms with E-state index in [0.29, 0.717) is 24.2 Å². The van der Waals surface area contributed by atoms with E-state index >= 15 is 0 Å². The highest BCUT2D eigenvalue weighted by Crippen LogP contribution is 2.53. The molecule has 34 heavy (non-hydrogen) atoms. The van der Waals surface area contributed by atoms with E-state index < -0.39 is 0 Å². The van der Waals surface area contributed by atoms with Crippen molar-refractivity contribution in [3.8, 4) is 11.5 Å². The summed E-state index contributed by atoms with van der Waals surface area (Å²) in [5, 5.41) is 3.60. The first-order valence-corrected chi connectivity index (χ1v) is 13.3. The van der Waals surface area contributed by atoms with Gasteiger partial charge in [-0.15, -0.1) is 0 Å². The number of piperazine rings is 1. The summed E-state index contributed by atoms with van der Waals surface area (Å²) in [7, 11) is 0. The van der Waals surface area contributed by atoms with Crippen molar-refractivity contribution in [2.45, 2.75) is 64.1 Å². The predicted molar refractivity (Wildman–Crippen MR) is 135 cm³/mol. The number of ether oxygens (including phenoxy) is 2. The van der Waals surface area contributed by atoms with E-state index in [1.807, 2.05) is 0 Å². The Hall–Kier alpha value is -2.08. The Labute approximate surface area is 204 Å². The molecule has 5 nitrogen and oxygen atoms in total. The second-order valence-corrected chi connectivity index (χ2v) is 11.1. The maximum Gasteiger partial charge on any atom is 0.231 e. The zero-order chi connectivity index (χ0) is 23.1. The van der Waals surface area contributed by atoms with Crippen molar-refractivity contribution < 1.29 is 9.47 Å². The van der Waals surface area contributed by atoms with E-state index in [0.717, 1.165) is 43.7 Å². The molecule has 2 saturated heterocycles. The molecule has 1 saturated carbocycles. The van der Waals surface area contributed by atoms with E-state index in [-0.39, 0.29) is 0 Å². The fourth-order valence-electron chi connectivity index (χ4n) is 6.99. The molecule has 0 amide bonds. The molecule has 3 fully saturated rings. The third-order valence-corrected chi connectivity index (χ3v) is 8.95. The molecule has 182 valence electrons. The highest BCUT2D eigenvalue weighted by atomic mass is 16.7. The first kappa shape index (κ1) is 22.4. The van der Waals surface area contributed by atoms with Crippen LogP contribution in [-0.2, 0) is 6.54 Å².